The lowest BCUT2D eigenvalue weighted by Gasteiger charge is -2.36. The van der Waals surface area contributed by atoms with E-state index in [9.17, 15) is 0 Å². The molecule has 3 aliphatic rings. The third-order valence-corrected chi connectivity index (χ3v) is 9.91. The smallest absolute Gasteiger partial charge is 0.0508 e. The summed E-state index contributed by atoms with van der Waals surface area (Å²) in [5.41, 5.74) is 9.28. The molecule has 0 fully saturated rings. The predicted molar refractivity (Wildman–Crippen MR) is 171 cm³/mol. The van der Waals surface area contributed by atoms with Crippen LogP contribution in [0.4, 0.5) is 11.4 Å². The molecule has 0 N–H and O–H groups in total. The summed E-state index contributed by atoms with van der Waals surface area (Å²) >= 11 is 2.03. The Bertz CT molecular complexity index is 1830. The predicted octanol–water partition coefficient (Wildman–Crippen LogP) is 10.2. The summed E-state index contributed by atoms with van der Waals surface area (Å²) in [6.45, 7) is 0. The van der Waals surface area contributed by atoms with Crippen LogP contribution in [0, 0.1) is 0 Å². The number of fused-ring (bicyclic) bond motifs is 7. The van der Waals surface area contributed by atoms with Crippen LogP contribution in [0.5, 0.6) is 0 Å². The van der Waals surface area contributed by atoms with Gasteiger partial charge in [-0.15, -0.1) is 11.8 Å². The molecule has 5 aromatic rings. The van der Waals surface area contributed by atoms with E-state index in [1.54, 1.807) is 0 Å². The van der Waals surface area contributed by atoms with Gasteiger partial charge in [-0.2, -0.15) is 0 Å². The maximum Gasteiger partial charge on any atom is 0.0508 e. The van der Waals surface area contributed by atoms with Gasteiger partial charge in [0.15, 0.2) is 0 Å². The zero-order valence-electron chi connectivity index (χ0n) is 22.2. The number of thioether (sulfide) groups is 1. The minimum Gasteiger partial charge on any atom is -0.310 e. The molecule has 0 amide bonds. The second-order valence-electron chi connectivity index (χ2n) is 10.8. The van der Waals surface area contributed by atoms with E-state index in [4.69, 9.17) is 0 Å². The molecule has 0 radical (unpaired) electrons. The lowest BCUT2D eigenvalue weighted by molar-refractivity contribution is 0.834. The van der Waals surface area contributed by atoms with Crippen LogP contribution >= 0.6 is 11.8 Å². The highest BCUT2D eigenvalue weighted by atomic mass is 32.2. The highest BCUT2D eigenvalue weighted by Gasteiger charge is 2.40. The summed E-state index contributed by atoms with van der Waals surface area (Å²) in [4.78, 5) is 3.95. The molecule has 0 bridgehead atoms. The highest BCUT2D eigenvalue weighted by Crippen LogP contribution is 2.56. The minimum atomic E-state index is 0.335. The van der Waals surface area contributed by atoms with Gasteiger partial charge in [0.05, 0.1) is 5.70 Å². The molecule has 1 aliphatic heterocycles. The first kappa shape index (κ1) is 23.6. The molecule has 1 nitrogen and oxygen atoms in total. The number of benzene rings is 5. The van der Waals surface area contributed by atoms with Crippen molar-refractivity contribution in [1.82, 2.24) is 0 Å². The monoisotopic (exact) mass is 531 g/mol. The van der Waals surface area contributed by atoms with E-state index in [0.29, 0.717) is 17.1 Å². The Morgan fingerprint density at radius 2 is 1.43 bits per heavy atom. The van der Waals surface area contributed by atoms with Crippen LogP contribution in [0.1, 0.15) is 40.5 Å². The van der Waals surface area contributed by atoms with Crippen molar-refractivity contribution in [2.24, 2.45) is 0 Å². The lowest BCUT2D eigenvalue weighted by atomic mass is 9.80. The van der Waals surface area contributed by atoms with Gasteiger partial charge in [0.25, 0.3) is 0 Å². The van der Waals surface area contributed by atoms with Crippen molar-refractivity contribution in [3.63, 3.8) is 0 Å². The van der Waals surface area contributed by atoms with Gasteiger partial charge < -0.3 is 4.90 Å². The topological polar surface area (TPSA) is 3.24 Å². The quantitative estimate of drug-likeness (QED) is 0.227. The average Bonchev–Trinajstić information content (AvgIpc) is 3.42. The van der Waals surface area contributed by atoms with Crippen molar-refractivity contribution in [2.75, 3.05) is 4.90 Å². The first-order chi connectivity index (χ1) is 19.9. The summed E-state index contributed by atoms with van der Waals surface area (Å²) in [6.07, 6.45) is 12.5. The van der Waals surface area contributed by atoms with E-state index < -0.39 is 0 Å². The normalized spacial score (nSPS) is 20.5. The largest absolute Gasteiger partial charge is 0.310 e. The molecule has 1 heterocycles. The van der Waals surface area contributed by atoms with Gasteiger partial charge in [-0.1, -0.05) is 121 Å². The Hall–Kier alpha value is -4.27. The fourth-order valence-corrected chi connectivity index (χ4v) is 8.28. The van der Waals surface area contributed by atoms with Crippen LogP contribution in [0.15, 0.2) is 151 Å². The molecular formula is C38H29NS. The van der Waals surface area contributed by atoms with Gasteiger partial charge in [0.1, 0.15) is 0 Å². The van der Waals surface area contributed by atoms with Gasteiger partial charge in [0, 0.05) is 38.9 Å². The molecule has 2 aliphatic carbocycles. The molecule has 5 aromatic carbocycles. The summed E-state index contributed by atoms with van der Waals surface area (Å²) in [5, 5.41) is 3.02. The first-order valence-electron chi connectivity index (χ1n) is 14.1. The fourth-order valence-electron chi connectivity index (χ4n) is 6.73. The minimum absolute atomic E-state index is 0.335. The van der Waals surface area contributed by atoms with Gasteiger partial charge in [-0.05, 0) is 58.2 Å². The van der Waals surface area contributed by atoms with Gasteiger partial charge >= 0.3 is 0 Å². The number of para-hydroxylation sites is 2. The second kappa shape index (κ2) is 9.73. The Morgan fingerprint density at radius 3 is 2.30 bits per heavy atom. The SMILES string of the molecule is C1=CCC(c2ccccc2N(C2=CC3Sc4c(ccc5ccccc45)C3c3ccccc32)c2ccccc2)C=C1. The van der Waals surface area contributed by atoms with Crippen molar-refractivity contribution in [3.8, 4) is 0 Å². The van der Waals surface area contributed by atoms with Crippen molar-refractivity contribution in [1.29, 1.82) is 0 Å². The maximum absolute atomic E-state index is 2.55. The van der Waals surface area contributed by atoms with E-state index in [-0.39, 0.29) is 0 Å². The zero-order valence-corrected chi connectivity index (χ0v) is 23.0. The molecule has 0 saturated carbocycles. The molecule has 0 aromatic heterocycles. The van der Waals surface area contributed by atoms with Gasteiger partial charge in [0.2, 0.25) is 0 Å². The van der Waals surface area contributed by atoms with Gasteiger partial charge in [-0.3, -0.25) is 0 Å². The van der Waals surface area contributed by atoms with Crippen LogP contribution < -0.4 is 4.90 Å². The lowest BCUT2D eigenvalue weighted by Crippen LogP contribution is -2.25. The number of anilines is 2. The van der Waals surface area contributed by atoms with Crippen molar-refractivity contribution in [3.05, 3.63) is 168 Å². The number of allylic oxidation sites excluding steroid dienone is 4. The molecule has 0 spiro atoms. The van der Waals surface area contributed by atoms with Crippen molar-refractivity contribution in [2.45, 2.75) is 28.4 Å². The third-order valence-electron chi connectivity index (χ3n) is 8.53. The average molecular weight is 532 g/mol. The van der Waals surface area contributed by atoms with Crippen LogP contribution in [-0.2, 0) is 0 Å². The molecule has 3 unspecified atom stereocenters. The fraction of sp³-hybridized carbons (Fsp3) is 0.105. The zero-order chi connectivity index (χ0) is 26.5. The van der Waals surface area contributed by atoms with Crippen LogP contribution in [0.2, 0.25) is 0 Å². The van der Waals surface area contributed by atoms with Crippen molar-refractivity contribution < 1.29 is 0 Å². The second-order valence-corrected chi connectivity index (χ2v) is 12.0. The summed E-state index contributed by atoms with van der Waals surface area (Å²) in [6, 6.07) is 42.5. The van der Waals surface area contributed by atoms with Crippen LogP contribution in [0.3, 0.4) is 0 Å². The number of hydrogen-bond acceptors (Lipinski definition) is 2. The Morgan fingerprint density at radius 1 is 0.650 bits per heavy atom. The van der Waals surface area contributed by atoms with E-state index in [0.717, 1.165) is 6.42 Å². The molecule has 192 valence electrons. The van der Waals surface area contributed by atoms with E-state index in [2.05, 4.69) is 151 Å². The molecule has 8 rings (SSSR count). The molecule has 0 saturated heterocycles. The van der Waals surface area contributed by atoms with E-state index in [1.807, 2.05) is 11.8 Å². The third kappa shape index (κ3) is 3.78. The summed E-state index contributed by atoms with van der Waals surface area (Å²) in [7, 11) is 0. The number of hydrogen-bond donors (Lipinski definition) is 0. The molecule has 2 heteroatoms. The number of rotatable bonds is 4. The van der Waals surface area contributed by atoms with E-state index in [1.165, 1.54) is 55.0 Å². The van der Waals surface area contributed by atoms with Crippen LogP contribution in [0.25, 0.3) is 16.5 Å². The summed E-state index contributed by atoms with van der Waals surface area (Å²) < 4.78 is 0. The standard InChI is InChI=1S/C38H29NS/c1-3-13-26(14-4-1)29-18-11-12-22-34(29)39(28-16-5-2-6-17-28)35-25-36-37(32-21-10-9-20-31(32)35)33-24-23-27-15-7-8-19-30(27)38(33)40-36/h1-13,15-26,36-37H,14H2. The first-order valence-corrected chi connectivity index (χ1v) is 15.0. The molecule has 3 atom stereocenters. The van der Waals surface area contributed by atoms with E-state index >= 15 is 0 Å². The maximum atomic E-state index is 2.55. The molecule has 40 heavy (non-hydrogen) atoms. The molecular weight excluding hydrogens is 502 g/mol. The van der Waals surface area contributed by atoms with Crippen LogP contribution in [-0.4, -0.2) is 5.25 Å². The Balaban J connectivity index is 1.34. The Labute approximate surface area is 240 Å². The van der Waals surface area contributed by atoms with Crippen molar-refractivity contribution >= 4 is 39.6 Å². The summed E-state index contributed by atoms with van der Waals surface area (Å²) in [5.74, 6) is 0.708. The highest BCUT2D eigenvalue weighted by molar-refractivity contribution is 8.00. The Kier molecular flexibility index (Phi) is 5.74. The number of nitrogens with zero attached hydrogens (tertiary/aromatic N) is 1. The van der Waals surface area contributed by atoms with Gasteiger partial charge in [-0.25, -0.2) is 0 Å².